The van der Waals surface area contributed by atoms with Crippen LogP contribution in [0, 0.1) is 0 Å². The molecule has 224 valence electrons. The van der Waals surface area contributed by atoms with Crippen molar-refractivity contribution in [2.24, 2.45) is 0 Å². The summed E-state index contributed by atoms with van der Waals surface area (Å²) in [5.74, 6) is -0.322. The molecule has 0 fully saturated rings. The van der Waals surface area contributed by atoms with Crippen LogP contribution < -0.4 is 10.1 Å². The molecule has 0 aromatic heterocycles. The van der Waals surface area contributed by atoms with E-state index in [2.05, 4.69) is 36.5 Å². The lowest BCUT2D eigenvalue weighted by Gasteiger charge is -2.15. The quantitative estimate of drug-likeness (QED) is 0.0479. The molecule has 1 aromatic carbocycles. The molecule has 0 amide bonds. The number of aromatic hydroxyl groups is 1. The van der Waals surface area contributed by atoms with Crippen LogP contribution in [-0.4, -0.2) is 48.0 Å². The predicted octanol–water partition coefficient (Wildman–Crippen LogP) is 6.65. The van der Waals surface area contributed by atoms with E-state index in [4.69, 9.17) is 9.29 Å². The second-order valence-electron chi connectivity index (χ2n) is 9.99. The number of ether oxygens (including phenoxy) is 1. The first-order chi connectivity index (χ1) is 18.4. The van der Waals surface area contributed by atoms with Crippen molar-refractivity contribution in [2.75, 3.05) is 12.8 Å². The molecule has 0 heterocycles. The molecule has 1 atom stereocenters. The summed E-state index contributed by atoms with van der Waals surface area (Å²) in [6, 6.07) is 4.93. The molecule has 0 aliphatic rings. The van der Waals surface area contributed by atoms with Crippen LogP contribution in [-0.2, 0) is 14.9 Å². The van der Waals surface area contributed by atoms with E-state index in [1.54, 1.807) is 12.1 Å². The third-order valence-corrected chi connectivity index (χ3v) is 5.64. The van der Waals surface area contributed by atoms with Crippen LogP contribution in [0.2, 0.25) is 0 Å². The number of aliphatic hydroxyl groups excluding tert-OH is 1. The van der Waals surface area contributed by atoms with E-state index in [0.717, 1.165) is 32.1 Å². The minimum absolute atomic E-state index is 0.129. The van der Waals surface area contributed by atoms with Crippen molar-refractivity contribution in [3.63, 3.8) is 0 Å². The zero-order valence-corrected chi connectivity index (χ0v) is 25.1. The van der Waals surface area contributed by atoms with Gasteiger partial charge in [0.05, 0.1) is 12.4 Å². The van der Waals surface area contributed by atoms with E-state index in [9.17, 15) is 23.4 Å². The van der Waals surface area contributed by atoms with Gasteiger partial charge in [0.25, 0.3) is 10.1 Å². The molecule has 0 saturated heterocycles. The topological polar surface area (TPSA) is 133 Å². The highest BCUT2D eigenvalue weighted by molar-refractivity contribution is 7.85. The van der Waals surface area contributed by atoms with E-state index >= 15 is 0 Å². The number of phenols is 1. The van der Waals surface area contributed by atoms with E-state index in [1.807, 2.05) is 13.8 Å². The van der Waals surface area contributed by atoms with Gasteiger partial charge in [0, 0.05) is 19.0 Å². The Hall–Kier alpha value is -2.20. The van der Waals surface area contributed by atoms with Crippen molar-refractivity contribution >= 4 is 16.1 Å². The van der Waals surface area contributed by atoms with Gasteiger partial charge in [-0.25, -0.2) is 0 Å². The molecule has 39 heavy (non-hydrogen) atoms. The van der Waals surface area contributed by atoms with Crippen molar-refractivity contribution < 1.29 is 32.7 Å². The van der Waals surface area contributed by atoms with Gasteiger partial charge in [0.1, 0.15) is 0 Å². The number of rotatable bonds is 19. The summed E-state index contributed by atoms with van der Waals surface area (Å²) >= 11 is 0. The molecule has 0 spiro atoms. The van der Waals surface area contributed by atoms with Crippen molar-refractivity contribution in [2.45, 2.75) is 110 Å². The molecule has 1 rings (SSSR count). The van der Waals surface area contributed by atoms with Crippen LogP contribution in [0.5, 0.6) is 11.5 Å². The summed E-state index contributed by atoms with van der Waals surface area (Å²) in [6.07, 6.45) is 21.9. The molecule has 0 radical (unpaired) electrons. The fourth-order valence-electron chi connectivity index (χ4n) is 3.53. The Balaban J connectivity index is 0.00000263. The van der Waals surface area contributed by atoms with Crippen molar-refractivity contribution in [1.82, 2.24) is 5.32 Å². The third kappa shape index (κ3) is 24.6. The Morgan fingerprint density at radius 3 is 2.10 bits per heavy atom. The summed E-state index contributed by atoms with van der Waals surface area (Å²) in [4.78, 5) is 12.1. The number of nitrogens with one attached hydrogen (secondary N) is 1. The number of carbonyl (C=O) groups is 1. The van der Waals surface area contributed by atoms with Gasteiger partial charge in [-0.05, 0) is 49.8 Å². The Labute approximate surface area is 236 Å². The van der Waals surface area contributed by atoms with Gasteiger partial charge in [0.15, 0.2) is 11.5 Å². The molecule has 0 bridgehead atoms. The van der Waals surface area contributed by atoms with E-state index in [0.29, 0.717) is 24.8 Å². The minimum Gasteiger partial charge on any atom is -0.504 e. The molecule has 9 heteroatoms. The average molecular weight is 570 g/mol. The van der Waals surface area contributed by atoms with E-state index < -0.39 is 16.2 Å². The van der Waals surface area contributed by atoms with Crippen LogP contribution >= 0.6 is 0 Å². The number of unbranched alkanes of at least 4 members (excludes halogenated alkanes) is 8. The lowest BCUT2D eigenvalue weighted by atomic mass is 10.1. The number of carbonyl (C=O) groups excluding carboxylic acids is 1. The first-order valence-corrected chi connectivity index (χ1v) is 16.0. The predicted molar refractivity (Wildman–Crippen MR) is 159 cm³/mol. The number of esters is 1. The van der Waals surface area contributed by atoms with Gasteiger partial charge in [-0.1, -0.05) is 89.7 Å². The first-order valence-electron chi connectivity index (χ1n) is 14.1. The standard InChI is InChI=1S/C29H47NO4.CH4O3S/c1-4-5-6-7-8-9-10-11-12-13-14-15-16-17-18-19-29(33)34-28-21-20-25(22-26(28)31)27(32)23-30-24(2)3;1-5(2,3)4/h7-8,10-11,20-22,24,27,30-32H,4-6,9,12-19,23H2,1-3H3;1H3,(H,2,3,4). The smallest absolute Gasteiger partial charge is 0.311 e. The largest absolute Gasteiger partial charge is 0.504 e. The van der Waals surface area contributed by atoms with Crippen LogP contribution in [0.1, 0.15) is 109 Å². The van der Waals surface area contributed by atoms with Crippen LogP contribution in [0.25, 0.3) is 0 Å². The molecule has 4 N–H and O–H groups in total. The van der Waals surface area contributed by atoms with Gasteiger partial charge >= 0.3 is 5.97 Å². The molecule has 8 nitrogen and oxygen atoms in total. The maximum atomic E-state index is 12.1. The Bertz CT molecular complexity index is 935. The highest BCUT2D eigenvalue weighted by Gasteiger charge is 2.13. The SMILES string of the molecule is CCCCC=CCC=CCCCCCCCCC(=O)Oc1ccc(C(O)CNC(C)C)cc1O.CS(=O)(=O)O. The maximum Gasteiger partial charge on any atom is 0.311 e. The second-order valence-corrected chi connectivity index (χ2v) is 11.5. The fraction of sp³-hybridized carbons (Fsp3) is 0.633. The second kappa shape index (κ2) is 22.6. The summed E-state index contributed by atoms with van der Waals surface area (Å²) in [5, 5.41) is 23.5. The number of aliphatic hydroxyl groups is 1. The third-order valence-electron chi connectivity index (χ3n) is 5.64. The van der Waals surface area contributed by atoms with Gasteiger partial charge in [0.2, 0.25) is 0 Å². The number of hydrogen-bond acceptors (Lipinski definition) is 7. The maximum absolute atomic E-state index is 12.1. The first kappa shape index (κ1) is 36.8. The number of allylic oxidation sites excluding steroid dienone is 4. The highest BCUT2D eigenvalue weighted by atomic mass is 32.2. The zero-order valence-electron chi connectivity index (χ0n) is 24.3. The van der Waals surface area contributed by atoms with Gasteiger partial charge in [-0.3, -0.25) is 9.35 Å². The van der Waals surface area contributed by atoms with Gasteiger partial charge in [-0.2, -0.15) is 8.42 Å². The lowest BCUT2D eigenvalue weighted by Crippen LogP contribution is -2.27. The number of hydrogen-bond donors (Lipinski definition) is 4. The molecule has 0 aliphatic carbocycles. The zero-order chi connectivity index (χ0) is 29.5. The Morgan fingerprint density at radius 1 is 0.974 bits per heavy atom. The Morgan fingerprint density at radius 2 is 1.54 bits per heavy atom. The highest BCUT2D eigenvalue weighted by Crippen LogP contribution is 2.29. The summed E-state index contributed by atoms with van der Waals surface area (Å²) in [6.45, 7) is 6.61. The van der Waals surface area contributed by atoms with Gasteiger partial charge < -0.3 is 20.3 Å². The van der Waals surface area contributed by atoms with Crippen LogP contribution in [0.15, 0.2) is 42.5 Å². The summed E-state index contributed by atoms with van der Waals surface area (Å²) < 4.78 is 31.2. The van der Waals surface area contributed by atoms with Crippen molar-refractivity contribution in [3.8, 4) is 11.5 Å². The number of phenolic OH excluding ortho intramolecular Hbond substituents is 1. The normalized spacial score (nSPS) is 12.6. The molecule has 0 aliphatic heterocycles. The van der Waals surface area contributed by atoms with E-state index in [-0.39, 0.29) is 23.5 Å². The molecular formula is C30H51NO7S. The Kier molecular flexibility index (Phi) is 21.3. The van der Waals surface area contributed by atoms with Crippen molar-refractivity contribution in [3.05, 3.63) is 48.1 Å². The fourth-order valence-corrected chi connectivity index (χ4v) is 3.53. The monoisotopic (exact) mass is 569 g/mol. The molecule has 1 unspecified atom stereocenters. The minimum atomic E-state index is -3.67. The molecular weight excluding hydrogens is 518 g/mol. The molecule has 1 aromatic rings. The summed E-state index contributed by atoms with van der Waals surface area (Å²) in [7, 11) is -3.67. The lowest BCUT2D eigenvalue weighted by molar-refractivity contribution is -0.134. The van der Waals surface area contributed by atoms with Crippen LogP contribution in [0.3, 0.4) is 0 Å². The summed E-state index contributed by atoms with van der Waals surface area (Å²) in [5.41, 5.74) is 0.584. The van der Waals surface area contributed by atoms with Gasteiger partial charge in [-0.15, -0.1) is 0 Å². The average Bonchev–Trinajstić information content (AvgIpc) is 2.85. The van der Waals surface area contributed by atoms with E-state index in [1.165, 1.54) is 44.6 Å². The van der Waals surface area contributed by atoms with Crippen LogP contribution in [0.4, 0.5) is 0 Å². The number of benzene rings is 1. The van der Waals surface area contributed by atoms with Crippen molar-refractivity contribution in [1.29, 1.82) is 0 Å². The molecule has 0 saturated carbocycles.